The second-order valence-electron chi connectivity index (χ2n) is 6.06. The number of nitriles is 1. The Morgan fingerprint density at radius 2 is 2.14 bits per heavy atom. The first-order chi connectivity index (χ1) is 10.1. The predicted octanol–water partition coefficient (Wildman–Crippen LogP) is 2.91. The number of anilines is 1. The van der Waals surface area contributed by atoms with Crippen LogP contribution < -0.4 is 4.90 Å². The van der Waals surface area contributed by atoms with Crippen molar-refractivity contribution in [3.05, 3.63) is 29.3 Å². The van der Waals surface area contributed by atoms with Crippen molar-refractivity contribution < 1.29 is 9.53 Å². The van der Waals surface area contributed by atoms with E-state index in [-0.39, 0.29) is 11.4 Å². The molecule has 4 heteroatoms. The highest BCUT2D eigenvalue weighted by molar-refractivity contribution is 5.95. The maximum absolute atomic E-state index is 11.6. The van der Waals surface area contributed by atoms with E-state index >= 15 is 0 Å². The Kier molecular flexibility index (Phi) is 3.69. The Balaban J connectivity index is 1.93. The second-order valence-corrected chi connectivity index (χ2v) is 6.06. The monoisotopic (exact) mass is 284 g/mol. The highest BCUT2D eigenvalue weighted by atomic mass is 16.5. The molecule has 4 nitrogen and oxygen atoms in total. The van der Waals surface area contributed by atoms with Crippen molar-refractivity contribution in [2.45, 2.75) is 38.2 Å². The Morgan fingerprint density at radius 3 is 2.81 bits per heavy atom. The third kappa shape index (κ3) is 2.66. The molecule has 1 heterocycles. The first kappa shape index (κ1) is 14.1. The number of benzene rings is 1. The Morgan fingerprint density at radius 1 is 1.38 bits per heavy atom. The molecule has 0 N–H and O–H groups in total. The van der Waals surface area contributed by atoms with E-state index in [2.05, 4.69) is 11.0 Å². The van der Waals surface area contributed by atoms with Gasteiger partial charge in [0, 0.05) is 18.7 Å². The average Bonchev–Trinajstić information content (AvgIpc) is 2.94. The van der Waals surface area contributed by atoms with Gasteiger partial charge in [-0.05, 0) is 38.0 Å². The molecule has 1 aliphatic carbocycles. The van der Waals surface area contributed by atoms with E-state index in [4.69, 9.17) is 4.74 Å². The normalized spacial score (nSPS) is 20.5. The maximum Gasteiger partial charge on any atom is 0.159 e. The van der Waals surface area contributed by atoms with E-state index < -0.39 is 0 Å². The van der Waals surface area contributed by atoms with Crippen LogP contribution in [-0.4, -0.2) is 31.1 Å². The van der Waals surface area contributed by atoms with Crippen LogP contribution in [0.2, 0.25) is 0 Å². The van der Waals surface area contributed by atoms with Gasteiger partial charge in [0.2, 0.25) is 0 Å². The summed E-state index contributed by atoms with van der Waals surface area (Å²) in [4.78, 5) is 13.8. The first-order valence-electron chi connectivity index (χ1n) is 7.58. The summed E-state index contributed by atoms with van der Waals surface area (Å²) in [5.41, 5.74) is 2.13. The number of morpholine rings is 1. The molecule has 2 aliphatic rings. The smallest absolute Gasteiger partial charge is 0.159 e. The van der Waals surface area contributed by atoms with E-state index in [9.17, 15) is 10.1 Å². The van der Waals surface area contributed by atoms with Gasteiger partial charge in [0.05, 0.1) is 23.5 Å². The molecule has 21 heavy (non-hydrogen) atoms. The largest absolute Gasteiger partial charge is 0.371 e. The number of Topliss-reactive ketones (excluding diaryl/α,β-unsaturated/α-hetero) is 1. The number of nitrogens with zero attached hydrogens (tertiary/aromatic N) is 2. The van der Waals surface area contributed by atoms with Crippen LogP contribution in [0.3, 0.4) is 0 Å². The lowest BCUT2D eigenvalue weighted by atomic mass is 9.98. The zero-order valence-corrected chi connectivity index (χ0v) is 12.4. The SMILES string of the molecule is CC(=O)c1ccc(C#N)c(N2CCOC3(CCCC3)C2)c1. The minimum atomic E-state index is -0.0444. The first-order valence-corrected chi connectivity index (χ1v) is 7.58. The van der Waals surface area contributed by atoms with Crippen molar-refractivity contribution in [3.8, 4) is 6.07 Å². The number of ketones is 1. The average molecular weight is 284 g/mol. The van der Waals surface area contributed by atoms with E-state index in [1.807, 2.05) is 6.07 Å². The molecule has 1 spiro atoms. The fraction of sp³-hybridized carbons (Fsp3) is 0.529. The Bertz CT molecular complexity index is 597. The molecule has 0 atom stereocenters. The zero-order valence-electron chi connectivity index (χ0n) is 12.4. The zero-order chi connectivity index (χ0) is 14.9. The van der Waals surface area contributed by atoms with Crippen LogP contribution in [0.5, 0.6) is 0 Å². The number of rotatable bonds is 2. The molecule has 0 bridgehead atoms. The van der Waals surface area contributed by atoms with E-state index in [1.54, 1.807) is 19.1 Å². The molecule has 0 unspecified atom stereocenters. The van der Waals surface area contributed by atoms with E-state index in [0.29, 0.717) is 17.7 Å². The van der Waals surface area contributed by atoms with Crippen molar-refractivity contribution in [2.24, 2.45) is 0 Å². The van der Waals surface area contributed by atoms with Crippen LogP contribution in [0.25, 0.3) is 0 Å². The lowest BCUT2D eigenvalue weighted by Crippen LogP contribution is -2.50. The fourth-order valence-electron chi connectivity index (χ4n) is 3.48. The van der Waals surface area contributed by atoms with Crippen LogP contribution >= 0.6 is 0 Å². The van der Waals surface area contributed by atoms with Gasteiger partial charge in [-0.1, -0.05) is 12.8 Å². The molecule has 110 valence electrons. The topological polar surface area (TPSA) is 53.3 Å². The van der Waals surface area contributed by atoms with Gasteiger partial charge in [-0.15, -0.1) is 0 Å². The molecule has 1 saturated heterocycles. The van der Waals surface area contributed by atoms with Crippen molar-refractivity contribution >= 4 is 11.5 Å². The number of carbonyl (C=O) groups is 1. The molecular weight excluding hydrogens is 264 g/mol. The fourth-order valence-corrected chi connectivity index (χ4v) is 3.48. The van der Waals surface area contributed by atoms with Gasteiger partial charge < -0.3 is 9.64 Å². The molecule has 1 aromatic rings. The van der Waals surface area contributed by atoms with Crippen LogP contribution in [0.1, 0.15) is 48.5 Å². The molecule has 1 aliphatic heterocycles. The lowest BCUT2D eigenvalue weighted by molar-refractivity contribution is -0.0501. The van der Waals surface area contributed by atoms with Crippen LogP contribution in [0, 0.1) is 11.3 Å². The quantitative estimate of drug-likeness (QED) is 0.784. The van der Waals surface area contributed by atoms with Gasteiger partial charge in [0.15, 0.2) is 5.78 Å². The minimum absolute atomic E-state index is 0.0320. The molecular formula is C17H20N2O2. The lowest BCUT2D eigenvalue weighted by Gasteiger charge is -2.42. The van der Waals surface area contributed by atoms with Crippen LogP contribution in [0.15, 0.2) is 18.2 Å². The minimum Gasteiger partial charge on any atom is -0.371 e. The summed E-state index contributed by atoms with van der Waals surface area (Å²) in [5, 5.41) is 9.34. The standard InChI is InChI=1S/C17H20N2O2/c1-13(20)14-4-5-15(11-18)16(10-14)19-8-9-21-17(12-19)6-2-3-7-17/h4-5,10H,2-3,6-9,12H2,1H3. The summed E-state index contributed by atoms with van der Waals surface area (Å²) in [6.45, 7) is 3.85. The summed E-state index contributed by atoms with van der Waals surface area (Å²) in [6, 6.07) is 7.59. The van der Waals surface area contributed by atoms with Crippen molar-refractivity contribution in [1.82, 2.24) is 0 Å². The number of hydrogen-bond donors (Lipinski definition) is 0. The van der Waals surface area contributed by atoms with Gasteiger partial charge in [0.25, 0.3) is 0 Å². The summed E-state index contributed by atoms with van der Waals surface area (Å²) < 4.78 is 6.04. The third-order valence-corrected chi connectivity index (χ3v) is 4.63. The van der Waals surface area contributed by atoms with Crippen molar-refractivity contribution in [3.63, 3.8) is 0 Å². The molecule has 2 fully saturated rings. The van der Waals surface area contributed by atoms with E-state index in [0.717, 1.165) is 31.6 Å². The molecule has 0 aromatic heterocycles. The number of hydrogen-bond acceptors (Lipinski definition) is 4. The van der Waals surface area contributed by atoms with E-state index in [1.165, 1.54) is 12.8 Å². The third-order valence-electron chi connectivity index (χ3n) is 4.63. The van der Waals surface area contributed by atoms with Gasteiger partial charge in [0.1, 0.15) is 6.07 Å². The molecule has 1 aromatic carbocycles. The molecule has 3 rings (SSSR count). The second kappa shape index (κ2) is 5.50. The maximum atomic E-state index is 11.6. The Hall–Kier alpha value is -1.86. The molecule has 0 radical (unpaired) electrons. The number of carbonyl (C=O) groups excluding carboxylic acids is 1. The predicted molar refractivity (Wildman–Crippen MR) is 80.5 cm³/mol. The van der Waals surface area contributed by atoms with Gasteiger partial charge in [-0.2, -0.15) is 5.26 Å². The number of ether oxygens (including phenoxy) is 1. The molecule has 0 amide bonds. The van der Waals surface area contributed by atoms with Crippen molar-refractivity contribution in [1.29, 1.82) is 5.26 Å². The summed E-state index contributed by atoms with van der Waals surface area (Å²) in [6.07, 6.45) is 4.62. The van der Waals surface area contributed by atoms with Gasteiger partial charge in [-0.25, -0.2) is 0 Å². The summed E-state index contributed by atoms with van der Waals surface area (Å²) >= 11 is 0. The van der Waals surface area contributed by atoms with Gasteiger partial charge in [-0.3, -0.25) is 4.79 Å². The van der Waals surface area contributed by atoms with Gasteiger partial charge >= 0.3 is 0 Å². The van der Waals surface area contributed by atoms with Crippen molar-refractivity contribution in [2.75, 3.05) is 24.6 Å². The summed E-state index contributed by atoms with van der Waals surface area (Å²) in [7, 11) is 0. The van der Waals surface area contributed by atoms with Crippen LogP contribution in [-0.2, 0) is 4.74 Å². The van der Waals surface area contributed by atoms with Crippen LogP contribution in [0.4, 0.5) is 5.69 Å². The highest BCUT2D eigenvalue weighted by Gasteiger charge is 2.39. The summed E-state index contributed by atoms with van der Waals surface area (Å²) in [5.74, 6) is 0.0320. The Labute approximate surface area is 125 Å². The highest BCUT2D eigenvalue weighted by Crippen LogP contribution is 2.37. The molecule has 1 saturated carbocycles.